The van der Waals surface area contributed by atoms with Crippen LogP contribution in [0.25, 0.3) is 0 Å². The van der Waals surface area contributed by atoms with Gasteiger partial charge in [-0.2, -0.15) is 0 Å². The van der Waals surface area contributed by atoms with Crippen LogP contribution in [0.4, 0.5) is 0 Å². The maximum absolute atomic E-state index is 13.1. The second kappa shape index (κ2) is 74.9. The maximum atomic E-state index is 13.1. The molecule has 0 rings (SSSR count). The number of phosphoric ester groups is 2. The van der Waals surface area contributed by atoms with Gasteiger partial charge < -0.3 is 33.8 Å². The molecule has 0 aromatic rings. The highest BCUT2D eigenvalue weighted by Crippen LogP contribution is 2.45. The van der Waals surface area contributed by atoms with E-state index < -0.39 is 97.5 Å². The highest BCUT2D eigenvalue weighted by molar-refractivity contribution is 7.47. The lowest BCUT2D eigenvalue weighted by atomic mass is 10.0. The fourth-order valence-corrected chi connectivity index (χ4v) is 14.3. The number of hydrogen-bond acceptors (Lipinski definition) is 15. The van der Waals surface area contributed by atoms with Crippen LogP contribution in [0.2, 0.25) is 0 Å². The van der Waals surface area contributed by atoms with E-state index in [2.05, 4.69) is 34.6 Å². The Hall–Kier alpha value is -1.94. The summed E-state index contributed by atoms with van der Waals surface area (Å²) in [7, 11) is -9.91. The van der Waals surface area contributed by atoms with Gasteiger partial charge in [0, 0.05) is 25.7 Å². The fraction of sp³-hybridized carbons (Fsp3) is 0.951. The molecule has 0 aromatic heterocycles. The lowest BCUT2D eigenvalue weighted by Gasteiger charge is -2.21. The van der Waals surface area contributed by atoms with Crippen LogP contribution in [0, 0.1) is 5.92 Å². The molecule has 5 atom stereocenters. The molecular formula is C82H160O17P2. The Morgan fingerprint density at radius 3 is 0.673 bits per heavy atom. The van der Waals surface area contributed by atoms with Crippen molar-refractivity contribution in [3.63, 3.8) is 0 Å². The minimum Gasteiger partial charge on any atom is -0.462 e. The third kappa shape index (κ3) is 76.1. The van der Waals surface area contributed by atoms with Gasteiger partial charge in [0.25, 0.3) is 0 Å². The van der Waals surface area contributed by atoms with E-state index in [4.69, 9.17) is 37.0 Å². The molecule has 0 aliphatic rings. The number of unbranched alkanes of at least 4 members (excludes halogenated alkanes) is 54. The monoisotopic (exact) mass is 1480 g/mol. The van der Waals surface area contributed by atoms with Gasteiger partial charge in [-0.15, -0.1) is 0 Å². The molecule has 0 saturated carbocycles. The largest absolute Gasteiger partial charge is 0.472 e. The number of hydrogen-bond donors (Lipinski definition) is 3. The standard InChI is InChI=1S/C82H160O17P2/c1-6-9-12-15-18-21-23-24-25-26-27-28-29-33-36-39-42-47-51-56-61-66-80(85)93-72-78(99-82(87)68-63-58-53-48-43-40-37-34-31-30-32-35-38-41-45-49-54-59-64-75(4)5)74-97-101(90,91)95-70-76(83)69-94-100(88,89)96-73-77(71-92-79(84)65-60-55-50-44-20-17-14-11-8-3)98-81(86)67-62-57-52-46-22-19-16-13-10-7-2/h75-78,83H,6-74H2,1-5H3,(H,88,89)(H,90,91)/t76-,77+,78+/m0/s1. The first kappa shape index (κ1) is 99.1. The Balaban J connectivity index is 5.16. The van der Waals surface area contributed by atoms with E-state index in [1.165, 1.54) is 263 Å². The number of carbonyl (C=O) groups excluding carboxylic acids is 4. The molecule has 0 bridgehead atoms. The summed E-state index contributed by atoms with van der Waals surface area (Å²) in [5.74, 6) is -1.29. The molecule has 0 amide bonds. The molecule has 17 nitrogen and oxygen atoms in total. The number of rotatable bonds is 82. The highest BCUT2D eigenvalue weighted by Gasteiger charge is 2.30. The van der Waals surface area contributed by atoms with E-state index in [1.54, 1.807) is 0 Å². The topological polar surface area (TPSA) is 237 Å². The van der Waals surface area contributed by atoms with Crippen LogP contribution in [0.3, 0.4) is 0 Å². The van der Waals surface area contributed by atoms with Crippen molar-refractivity contribution in [2.45, 2.75) is 457 Å². The van der Waals surface area contributed by atoms with Crippen molar-refractivity contribution in [1.82, 2.24) is 0 Å². The van der Waals surface area contributed by atoms with E-state index >= 15 is 0 Å². The molecule has 0 radical (unpaired) electrons. The van der Waals surface area contributed by atoms with Gasteiger partial charge in [0.2, 0.25) is 0 Å². The molecule has 0 aliphatic heterocycles. The molecule has 0 aliphatic carbocycles. The summed E-state index contributed by atoms with van der Waals surface area (Å²) in [6, 6.07) is 0. The smallest absolute Gasteiger partial charge is 0.462 e. The zero-order valence-electron chi connectivity index (χ0n) is 66.1. The van der Waals surface area contributed by atoms with Crippen LogP contribution in [-0.4, -0.2) is 96.7 Å². The summed E-state index contributed by atoms with van der Waals surface area (Å²) < 4.78 is 68.6. The molecule has 600 valence electrons. The molecule has 101 heavy (non-hydrogen) atoms. The summed E-state index contributed by atoms with van der Waals surface area (Å²) >= 11 is 0. The fourth-order valence-electron chi connectivity index (χ4n) is 12.8. The molecular weight excluding hydrogens is 1320 g/mol. The quantitative estimate of drug-likeness (QED) is 0.0222. The molecule has 0 fully saturated rings. The average Bonchev–Trinajstić information content (AvgIpc) is 1.09. The van der Waals surface area contributed by atoms with Gasteiger partial charge >= 0.3 is 39.5 Å². The van der Waals surface area contributed by atoms with Crippen molar-refractivity contribution in [1.29, 1.82) is 0 Å². The average molecular weight is 1480 g/mol. The van der Waals surface area contributed by atoms with Crippen molar-refractivity contribution in [2.24, 2.45) is 5.92 Å². The third-order valence-corrected chi connectivity index (χ3v) is 21.2. The van der Waals surface area contributed by atoms with Gasteiger partial charge in [-0.1, -0.05) is 388 Å². The Morgan fingerprint density at radius 1 is 0.267 bits per heavy atom. The van der Waals surface area contributed by atoms with Crippen LogP contribution in [0.1, 0.15) is 439 Å². The Morgan fingerprint density at radius 2 is 0.455 bits per heavy atom. The summed E-state index contributed by atoms with van der Waals surface area (Å²) in [5, 5.41) is 10.6. The van der Waals surface area contributed by atoms with Crippen LogP contribution in [0.5, 0.6) is 0 Å². The number of phosphoric acid groups is 2. The summed E-state index contributed by atoms with van der Waals surface area (Å²) in [5.41, 5.74) is 0. The van der Waals surface area contributed by atoms with Crippen LogP contribution < -0.4 is 0 Å². The normalized spacial score (nSPS) is 13.8. The number of esters is 4. The van der Waals surface area contributed by atoms with Gasteiger partial charge in [-0.3, -0.25) is 37.3 Å². The van der Waals surface area contributed by atoms with Crippen molar-refractivity contribution >= 4 is 39.5 Å². The van der Waals surface area contributed by atoms with E-state index in [0.717, 1.165) is 95.8 Å². The first-order chi connectivity index (χ1) is 49.0. The van der Waals surface area contributed by atoms with Gasteiger partial charge in [0.1, 0.15) is 19.3 Å². The summed E-state index contributed by atoms with van der Waals surface area (Å²) in [4.78, 5) is 72.9. The van der Waals surface area contributed by atoms with E-state index in [0.29, 0.717) is 25.7 Å². The minimum absolute atomic E-state index is 0.107. The van der Waals surface area contributed by atoms with Crippen molar-refractivity contribution in [3.05, 3.63) is 0 Å². The Bertz CT molecular complexity index is 1930. The number of carbonyl (C=O) groups is 4. The third-order valence-electron chi connectivity index (χ3n) is 19.3. The highest BCUT2D eigenvalue weighted by atomic mass is 31.2. The zero-order valence-corrected chi connectivity index (χ0v) is 67.8. The molecule has 0 heterocycles. The predicted octanol–water partition coefficient (Wildman–Crippen LogP) is 24.8. The molecule has 0 aromatic carbocycles. The number of aliphatic hydroxyl groups excluding tert-OH is 1. The zero-order chi connectivity index (χ0) is 74.1. The van der Waals surface area contributed by atoms with Crippen molar-refractivity contribution < 1.29 is 80.2 Å². The second-order valence-corrected chi connectivity index (χ2v) is 32.9. The van der Waals surface area contributed by atoms with Gasteiger partial charge in [-0.05, 0) is 31.6 Å². The molecule has 0 saturated heterocycles. The van der Waals surface area contributed by atoms with Crippen molar-refractivity contribution in [2.75, 3.05) is 39.6 Å². The summed E-state index contributed by atoms with van der Waals surface area (Å²) in [6.45, 7) is 7.34. The number of ether oxygens (including phenoxy) is 4. The second-order valence-electron chi connectivity index (χ2n) is 30.0. The van der Waals surface area contributed by atoms with Gasteiger partial charge in [-0.25, -0.2) is 9.13 Å². The minimum atomic E-state index is -4.96. The van der Waals surface area contributed by atoms with Gasteiger partial charge in [0.15, 0.2) is 12.2 Å². The lowest BCUT2D eigenvalue weighted by molar-refractivity contribution is -0.161. The SMILES string of the molecule is CCCCCCCCCCCCCCCCCCCCCCCC(=O)OC[C@H](COP(=O)(O)OC[C@@H](O)COP(=O)(O)OC[C@@H](COC(=O)CCCCCCCCCCC)OC(=O)CCCCCCCCCCCC)OC(=O)CCCCCCCCCCCCCCCCCCCCC(C)C. The van der Waals surface area contributed by atoms with E-state index in [-0.39, 0.29) is 25.7 Å². The van der Waals surface area contributed by atoms with Crippen LogP contribution >= 0.6 is 15.6 Å². The summed E-state index contributed by atoms with van der Waals surface area (Å²) in [6.07, 6.45) is 66.8. The number of aliphatic hydroxyl groups is 1. The lowest BCUT2D eigenvalue weighted by Crippen LogP contribution is -2.30. The first-order valence-electron chi connectivity index (χ1n) is 42.6. The molecule has 3 N–H and O–H groups in total. The first-order valence-corrected chi connectivity index (χ1v) is 45.6. The molecule has 0 spiro atoms. The molecule has 19 heteroatoms. The predicted molar refractivity (Wildman–Crippen MR) is 414 cm³/mol. The van der Waals surface area contributed by atoms with E-state index in [1.807, 2.05) is 0 Å². The van der Waals surface area contributed by atoms with E-state index in [9.17, 15) is 43.2 Å². The molecule has 2 unspecified atom stereocenters. The maximum Gasteiger partial charge on any atom is 0.472 e. The van der Waals surface area contributed by atoms with Gasteiger partial charge in [0.05, 0.1) is 26.4 Å². The Kier molecular flexibility index (Phi) is 73.5. The van der Waals surface area contributed by atoms with Crippen LogP contribution in [-0.2, 0) is 65.4 Å². The van der Waals surface area contributed by atoms with Crippen LogP contribution in [0.15, 0.2) is 0 Å². The van der Waals surface area contributed by atoms with Crippen molar-refractivity contribution in [3.8, 4) is 0 Å². The Labute approximate surface area is 619 Å².